The molecular weight excluding hydrogens is 424 g/mol. The number of hydrogen-bond acceptors (Lipinski definition) is 5. The maximum Gasteiger partial charge on any atom is 0.228 e. The summed E-state index contributed by atoms with van der Waals surface area (Å²) in [5, 5.41) is 4.78. The number of amides is 1. The molecule has 0 aromatic carbocycles. The normalized spacial score (nSPS) is 19.0. The second kappa shape index (κ2) is 9.15. The average molecular weight is 455 g/mol. The minimum Gasteiger partial charge on any atom is -0.375 e. The predicted octanol–water partition coefficient (Wildman–Crippen LogP) is 4.83. The molecule has 3 aromatic rings. The smallest absolute Gasteiger partial charge is 0.228 e. The molecule has 1 N–H and O–H groups in total. The number of fused-ring (bicyclic) bond motifs is 1. The topological polar surface area (TPSA) is 77.0 Å². The number of aryl methyl sites for hydroxylation is 2. The molecule has 0 unspecified atom stereocenters. The zero-order chi connectivity index (χ0) is 23.7. The zero-order valence-corrected chi connectivity index (χ0v) is 20.0. The number of pyridine rings is 3. The summed E-state index contributed by atoms with van der Waals surface area (Å²) in [4.78, 5) is 25.6. The molecule has 2 fully saturated rings. The van der Waals surface area contributed by atoms with Crippen molar-refractivity contribution < 1.29 is 9.53 Å². The van der Waals surface area contributed by atoms with Crippen LogP contribution in [-0.4, -0.2) is 33.1 Å². The van der Waals surface area contributed by atoms with Crippen LogP contribution >= 0.6 is 0 Å². The van der Waals surface area contributed by atoms with Crippen LogP contribution in [0.1, 0.15) is 62.0 Å². The number of ether oxygens (including phenoxy) is 1. The van der Waals surface area contributed by atoms with Crippen molar-refractivity contribution in [2.75, 3.05) is 11.9 Å². The zero-order valence-electron chi connectivity index (χ0n) is 20.0. The summed E-state index contributed by atoms with van der Waals surface area (Å²) < 4.78 is 5.85. The fourth-order valence-electron chi connectivity index (χ4n) is 4.55. The summed E-state index contributed by atoms with van der Waals surface area (Å²) in [7, 11) is 0. The van der Waals surface area contributed by atoms with Gasteiger partial charge in [0.1, 0.15) is 11.5 Å². The van der Waals surface area contributed by atoms with Gasteiger partial charge in [-0.05, 0) is 82.4 Å². The van der Waals surface area contributed by atoms with E-state index in [1.54, 1.807) is 12.4 Å². The lowest BCUT2D eigenvalue weighted by Crippen LogP contribution is -2.27. The summed E-state index contributed by atoms with van der Waals surface area (Å²) in [5.74, 6) is 7.70. The lowest BCUT2D eigenvalue weighted by atomic mass is 9.86. The van der Waals surface area contributed by atoms with Gasteiger partial charge in [0.05, 0.1) is 11.2 Å². The first-order valence-electron chi connectivity index (χ1n) is 12.1. The van der Waals surface area contributed by atoms with Gasteiger partial charge in [0.2, 0.25) is 5.91 Å². The van der Waals surface area contributed by atoms with Crippen LogP contribution in [0.5, 0.6) is 0 Å². The highest BCUT2D eigenvalue weighted by molar-refractivity contribution is 5.96. The van der Waals surface area contributed by atoms with E-state index in [-0.39, 0.29) is 17.4 Å². The van der Waals surface area contributed by atoms with Crippen molar-refractivity contribution in [1.82, 2.24) is 15.0 Å². The van der Waals surface area contributed by atoms with E-state index in [9.17, 15) is 4.79 Å². The van der Waals surface area contributed by atoms with E-state index in [1.165, 1.54) is 5.56 Å². The first-order valence-corrected chi connectivity index (χ1v) is 12.1. The number of carbonyl (C=O) groups excluding carboxylic acids is 1. The molecule has 0 spiro atoms. The molecule has 1 saturated carbocycles. The van der Waals surface area contributed by atoms with Crippen molar-refractivity contribution >= 4 is 22.5 Å². The number of carbonyl (C=O) groups is 1. The first-order chi connectivity index (χ1) is 16.4. The van der Waals surface area contributed by atoms with Crippen LogP contribution < -0.4 is 5.32 Å². The van der Waals surface area contributed by atoms with Crippen LogP contribution in [0.4, 0.5) is 5.82 Å². The Hall–Kier alpha value is -3.30. The third-order valence-electron chi connectivity index (χ3n) is 7.03. The molecule has 0 radical (unpaired) electrons. The molecule has 5 rings (SSSR count). The van der Waals surface area contributed by atoms with E-state index >= 15 is 0 Å². The molecule has 1 amide bonds. The van der Waals surface area contributed by atoms with E-state index in [0.717, 1.165) is 66.4 Å². The second-order valence-electron chi connectivity index (χ2n) is 9.91. The summed E-state index contributed by atoms with van der Waals surface area (Å²) in [5.41, 5.74) is 3.58. The molecule has 2 aliphatic rings. The van der Waals surface area contributed by atoms with Gasteiger partial charge in [0.15, 0.2) is 0 Å². The Morgan fingerprint density at radius 3 is 2.65 bits per heavy atom. The lowest BCUT2D eigenvalue weighted by Gasteiger charge is -2.25. The Kier molecular flexibility index (Phi) is 6.05. The minimum absolute atomic E-state index is 0.0280. The Labute approximate surface area is 200 Å². The first kappa shape index (κ1) is 22.5. The summed E-state index contributed by atoms with van der Waals surface area (Å²) in [6, 6.07) is 5.98. The molecule has 1 aliphatic heterocycles. The van der Waals surface area contributed by atoms with Crippen molar-refractivity contribution in [2.45, 2.75) is 58.5 Å². The molecule has 6 heteroatoms. The number of nitrogens with one attached hydrogen (secondary N) is 1. The molecule has 174 valence electrons. The van der Waals surface area contributed by atoms with Crippen LogP contribution in [0, 0.1) is 30.6 Å². The van der Waals surface area contributed by atoms with Gasteiger partial charge in [-0.25, -0.2) is 9.97 Å². The second-order valence-corrected chi connectivity index (χ2v) is 9.91. The Bertz CT molecular complexity index is 1280. The highest BCUT2D eigenvalue weighted by Crippen LogP contribution is 2.34. The van der Waals surface area contributed by atoms with Crippen molar-refractivity contribution in [3.63, 3.8) is 0 Å². The van der Waals surface area contributed by atoms with Gasteiger partial charge in [-0.3, -0.25) is 9.78 Å². The number of anilines is 1. The van der Waals surface area contributed by atoms with Gasteiger partial charge in [-0.15, -0.1) is 0 Å². The predicted molar refractivity (Wildman–Crippen MR) is 132 cm³/mol. The van der Waals surface area contributed by atoms with Crippen molar-refractivity contribution in [3.05, 3.63) is 59.3 Å². The molecule has 4 heterocycles. The number of rotatable bonds is 5. The maximum atomic E-state index is 12.1. The van der Waals surface area contributed by atoms with Gasteiger partial charge >= 0.3 is 0 Å². The maximum absolute atomic E-state index is 12.1. The molecule has 0 bridgehead atoms. The molecule has 1 saturated heterocycles. The lowest BCUT2D eigenvalue weighted by molar-refractivity contribution is -0.117. The van der Waals surface area contributed by atoms with Gasteiger partial charge in [0, 0.05) is 47.6 Å². The Morgan fingerprint density at radius 1 is 1.09 bits per heavy atom. The van der Waals surface area contributed by atoms with Gasteiger partial charge in [-0.2, -0.15) is 0 Å². The number of hydrogen-bond donors (Lipinski definition) is 1. The van der Waals surface area contributed by atoms with Gasteiger partial charge in [0.25, 0.3) is 0 Å². The average Bonchev–Trinajstić information content (AvgIpc) is 3.62. The van der Waals surface area contributed by atoms with Gasteiger partial charge < -0.3 is 10.1 Å². The number of nitrogens with zero attached hydrogens (tertiary/aromatic N) is 3. The third-order valence-corrected chi connectivity index (χ3v) is 7.03. The molecule has 34 heavy (non-hydrogen) atoms. The molecule has 6 nitrogen and oxygen atoms in total. The third kappa shape index (κ3) is 4.95. The van der Waals surface area contributed by atoms with Crippen LogP contribution in [0.3, 0.4) is 0 Å². The van der Waals surface area contributed by atoms with Gasteiger partial charge in [-0.1, -0.05) is 12.0 Å². The van der Waals surface area contributed by atoms with Crippen LogP contribution in [0.2, 0.25) is 0 Å². The minimum atomic E-state index is -0.0280. The van der Waals surface area contributed by atoms with Crippen LogP contribution in [-0.2, 0) is 16.0 Å². The van der Waals surface area contributed by atoms with Crippen molar-refractivity contribution in [3.8, 4) is 11.8 Å². The largest absolute Gasteiger partial charge is 0.375 e. The Balaban J connectivity index is 1.32. The molecular formula is C28H30N4O2. The standard InChI is InChI=1S/C28H30N4O2/c1-18-25-17-31-26(32-27(33)20-6-7-20)14-24(25)21(16-29-18)8-11-23-10-5-19(15-30-23)4-9-22-12-13-34-28(22,2)3/h5,10,14-17,20,22H,4,6-7,9,12-13H2,1-3H3,(H,31,32,33)/t22-/m1/s1. The van der Waals surface area contributed by atoms with Crippen molar-refractivity contribution in [2.24, 2.45) is 11.8 Å². The highest BCUT2D eigenvalue weighted by Gasteiger charge is 2.35. The van der Waals surface area contributed by atoms with Crippen molar-refractivity contribution in [1.29, 1.82) is 0 Å². The quantitative estimate of drug-likeness (QED) is 0.559. The summed E-state index contributed by atoms with van der Waals surface area (Å²) in [6.07, 6.45) is 10.6. The monoisotopic (exact) mass is 454 g/mol. The summed E-state index contributed by atoms with van der Waals surface area (Å²) >= 11 is 0. The van der Waals surface area contributed by atoms with E-state index < -0.39 is 0 Å². The Morgan fingerprint density at radius 2 is 1.94 bits per heavy atom. The van der Waals surface area contributed by atoms with E-state index in [1.807, 2.05) is 25.3 Å². The van der Waals surface area contributed by atoms with Crippen LogP contribution in [0.25, 0.3) is 10.8 Å². The summed E-state index contributed by atoms with van der Waals surface area (Å²) in [6.45, 7) is 7.18. The molecule has 3 aromatic heterocycles. The van der Waals surface area contributed by atoms with E-state index in [4.69, 9.17) is 4.74 Å². The molecule has 1 aliphatic carbocycles. The number of aromatic nitrogens is 3. The fraction of sp³-hybridized carbons (Fsp3) is 0.429. The van der Waals surface area contributed by atoms with E-state index in [2.05, 4.69) is 52.0 Å². The van der Waals surface area contributed by atoms with Crippen LogP contribution in [0.15, 0.2) is 36.8 Å². The molecule has 1 atom stereocenters. The highest BCUT2D eigenvalue weighted by atomic mass is 16.5. The fourth-order valence-corrected chi connectivity index (χ4v) is 4.55. The van der Waals surface area contributed by atoms with E-state index in [0.29, 0.717) is 11.7 Å². The SMILES string of the molecule is Cc1ncc(C#Cc2ccc(CC[C@@H]3CCOC3(C)C)cn2)c2cc(NC(=O)C3CC3)ncc12.